The highest BCUT2D eigenvalue weighted by molar-refractivity contribution is 7.97. The second-order valence-electron chi connectivity index (χ2n) is 5.43. The normalized spacial score (nSPS) is 21.0. The van der Waals surface area contributed by atoms with E-state index in [4.69, 9.17) is 4.74 Å². The lowest BCUT2D eigenvalue weighted by Gasteiger charge is -2.27. The molecule has 0 radical (unpaired) electrons. The zero-order valence-corrected chi connectivity index (χ0v) is 13.5. The summed E-state index contributed by atoms with van der Waals surface area (Å²) in [6.45, 7) is 2.95. The minimum atomic E-state index is -0.158. The summed E-state index contributed by atoms with van der Waals surface area (Å²) in [5, 5.41) is 3.41. The highest BCUT2D eigenvalue weighted by Crippen LogP contribution is 2.20. The van der Waals surface area contributed by atoms with Gasteiger partial charge >= 0.3 is 0 Å². The molecule has 0 spiro atoms. The number of hydrogen-bond acceptors (Lipinski definition) is 4. The number of ether oxygens (including phenoxy) is 1. The fraction of sp³-hybridized carbons (Fsp3) is 0.562. The molecule has 0 aromatic heterocycles. The lowest BCUT2D eigenvalue weighted by Crippen LogP contribution is -2.45. The van der Waals surface area contributed by atoms with E-state index >= 15 is 0 Å². The number of amides is 1. The Labute approximate surface area is 131 Å². The van der Waals surface area contributed by atoms with Crippen molar-refractivity contribution in [3.8, 4) is 0 Å². The number of rotatable bonds is 7. The highest BCUT2D eigenvalue weighted by Gasteiger charge is 2.32. The number of methoxy groups -OCH3 is 1. The summed E-state index contributed by atoms with van der Waals surface area (Å²) >= 11 is 1.44. The zero-order chi connectivity index (χ0) is 15.1. The van der Waals surface area contributed by atoms with Crippen LogP contribution in [0.4, 0.5) is 0 Å². The molecule has 1 saturated heterocycles. The summed E-state index contributed by atoms with van der Waals surface area (Å²) in [6.07, 6.45) is 2.17. The third kappa shape index (κ3) is 4.73. The largest absolute Gasteiger partial charge is 0.379 e. The van der Waals surface area contributed by atoms with Crippen LogP contribution in [0.5, 0.6) is 0 Å². The summed E-state index contributed by atoms with van der Waals surface area (Å²) in [5.41, 5.74) is 1.20. The van der Waals surface area contributed by atoms with E-state index in [0.29, 0.717) is 0 Å². The van der Waals surface area contributed by atoms with Crippen LogP contribution < -0.4 is 10.0 Å². The predicted octanol–water partition coefficient (Wildman–Crippen LogP) is 2.35. The molecule has 2 rings (SSSR count). The maximum absolute atomic E-state index is 12.3. The van der Waals surface area contributed by atoms with Gasteiger partial charge in [0.15, 0.2) is 0 Å². The summed E-state index contributed by atoms with van der Waals surface area (Å²) in [7, 11) is 1.69. The minimum Gasteiger partial charge on any atom is -0.379 e. The Balaban J connectivity index is 1.78. The Morgan fingerprint density at radius 2 is 2.24 bits per heavy atom. The highest BCUT2D eigenvalue weighted by atomic mass is 32.2. The molecule has 3 unspecified atom stereocenters. The molecule has 0 aliphatic carbocycles. The van der Waals surface area contributed by atoms with E-state index in [9.17, 15) is 4.79 Å². The van der Waals surface area contributed by atoms with Crippen molar-refractivity contribution < 1.29 is 9.53 Å². The van der Waals surface area contributed by atoms with Crippen LogP contribution in [0.15, 0.2) is 30.3 Å². The molecular weight excluding hydrogens is 284 g/mol. The number of carbonyl (C=O) groups is 1. The van der Waals surface area contributed by atoms with Gasteiger partial charge in [-0.15, -0.1) is 0 Å². The van der Waals surface area contributed by atoms with Crippen molar-refractivity contribution >= 4 is 17.9 Å². The van der Waals surface area contributed by atoms with E-state index in [1.807, 2.05) is 25.1 Å². The molecule has 5 heteroatoms. The molecule has 1 fully saturated rings. The first kappa shape index (κ1) is 16.3. The Morgan fingerprint density at radius 3 is 2.86 bits per heavy atom. The summed E-state index contributed by atoms with van der Waals surface area (Å²) in [6, 6.07) is 10.4. The van der Waals surface area contributed by atoms with Crippen molar-refractivity contribution in [1.29, 1.82) is 0 Å². The molecule has 1 aliphatic rings. The van der Waals surface area contributed by atoms with Crippen molar-refractivity contribution in [2.75, 3.05) is 13.7 Å². The van der Waals surface area contributed by atoms with Gasteiger partial charge in [-0.25, -0.2) is 0 Å². The monoisotopic (exact) mass is 308 g/mol. The molecular formula is C16H24N2O2S. The molecule has 1 aromatic rings. The fourth-order valence-electron chi connectivity index (χ4n) is 2.72. The number of nitrogens with one attached hydrogen (secondary N) is 2. The van der Waals surface area contributed by atoms with E-state index in [0.717, 1.165) is 25.1 Å². The van der Waals surface area contributed by atoms with Gasteiger partial charge in [0.05, 0.1) is 12.0 Å². The van der Waals surface area contributed by atoms with Crippen LogP contribution in [0.3, 0.4) is 0 Å². The molecule has 1 amide bonds. The second-order valence-corrected chi connectivity index (χ2v) is 6.21. The standard InChI is InChI=1S/C16H24N2O2S/c1-12(15(20-2)14-9-6-10-17-14)16(19)18-21-11-13-7-4-3-5-8-13/h3-5,7-8,12,14-15,17H,6,9-11H2,1-2H3,(H,18,19). The maximum atomic E-state index is 12.3. The molecule has 3 atom stereocenters. The summed E-state index contributed by atoms with van der Waals surface area (Å²) in [5.74, 6) is 0.656. The van der Waals surface area contributed by atoms with Gasteiger partial charge < -0.3 is 10.1 Å². The summed E-state index contributed by atoms with van der Waals surface area (Å²) < 4.78 is 8.49. The first-order chi connectivity index (χ1) is 10.2. The second kappa shape index (κ2) is 8.41. The van der Waals surface area contributed by atoms with Gasteiger partial charge in [0, 0.05) is 18.9 Å². The Hall–Kier alpha value is -1.04. The van der Waals surface area contributed by atoms with Crippen LogP contribution >= 0.6 is 11.9 Å². The van der Waals surface area contributed by atoms with E-state index in [2.05, 4.69) is 22.2 Å². The van der Waals surface area contributed by atoms with Crippen molar-refractivity contribution in [1.82, 2.24) is 10.0 Å². The molecule has 116 valence electrons. The molecule has 1 aromatic carbocycles. The zero-order valence-electron chi connectivity index (χ0n) is 12.7. The molecule has 4 nitrogen and oxygen atoms in total. The van der Waals surface area contributed by atoms with Crippen LogP contribution in [-0.4, -0.2) is 31.7 Å². The molecule has 0 saturated carbocycles. The van der Waals surface area contributed by atoms with Crippen molar-refractivity contribution in [3.63, 3.8) is 0 Å². The minimum absolute atomic E-state index is 0.0384. The van der Waals surface area contributed by atoms with Gasteiger partial charge in [-0.2, -0.15) is 0 Å². The molecule has 1 aliphatic heterocycles. The first-order valence-electron chi connectivity index (χ1n) is 7.44. The number of hydrogen-bond donors (Lipinski definition) is 2. The lowest BCUT2D eigenvalue weighted by molar-refractivity contribution is -0.127. The number of carbonyl (C=O) groups excluding carboxylic acids is 1. The van der Waals surface area contributed by atoms with Gasteiger partial charge in [-0.1, -0.05) is 37.3 Å². The van der Waals surface area contributed by atoms with Crippen molar-refractivity contribution in [2.45, 2.75) is 37.7 Å². The Morgan fingerprint density at radius 1 is 1.48 bits per heavy atom. The van der Waals surface area contributed by atoms with Crippen LogP contribution in [0.2, 0.25) is 0 Å². The van der Waals surface area contributed by atoms with Gasteiger partial charge in [0.2, 0.25) is 5.91 Å². The van der Waals surface area contributed by atoms with Gasteiger partial charge in [-0.05, 0) is 36.9 Å². The van der Waals surface area contributed by atoms with E-state index in [1.165, 1.54) is 17.5 Å². The molecule has 1 heterocycles. The van der Waals surface area contributed by atoms with Crippen LogP contribution in [0.25, 0.3) is 0 Å². The van der Waals surface area contributed by atoms with E-state index < -0.39 is 0 Å². The van der Waals surface area contributed by atoms with Crippen LogP contribution in [-0.2, 0) is 15.3 Å². The van der Waals surface area contributed by atoms with E-state index in [1.54, 1.807) is 7.11 Å². The summed E-state index contributed by atoms with van der Waals surface area (Å²) in [4.78, 5) is 12.3. The average Bonchev–Trinajstić information content (AvgIpc) is 3.03. The topological polar surface area (TPSA) is 50.4 Å². The maximum Gasteiger partial charge on any atom is 0.235 e. The van der Waals surface area contributed by atoms with Crippen molar-refractivity contribution in [3.05, 3.63) is 35.9 Å². The average molecular weight is 308 g/mol. The Bertz CT molecular complexity index is 435. The quantitative estimate of drug-likeness (QED) is 0.759. The third-order valence-electron chi connectivity index (χ3n) is 3.93. The van der Waals surface area contributed by atoms with Gasteiger partial charge in [0.1, 0.15) is 0 Å². The van der Waals surface area contributed by atoms with Crippen molar-refractivity contribution in [2.24, 2.45) is 5.92 Å². The van der Waals surface area contributed by atoms with Crippen LogP contribution in [0.1, 0.15) is 25.3 Å². The Kier molecular flexibility index (Phi) is 6.54. The first-order valence-corrected chi connectivity index (χ1v) is 8.42. The van der Waals surface area contributed by atoms with Gasteiger partial charge in [-0.3, -0.25) is 9.52 Å². The molecule has 0 bridgehead atoms. The molecule has 2 N–H and O–H groups in total. The van der Waals surface area contributed by atoms with Gasteiger partial charge in [0.25, 0.3) is 0 Å². The molecule has 21 heavy (non-hydrogen) atoms. The SMILES string of the molecule is COC(C1CCCN1)C(C)C(=O)NSCc1ccccc1. The van der Waals surface area contributed by atoms with Crippen LogP contribution in [0, 0.1) is 5.92 Å². The van der Waals surface area contributed by atoms with E-state index in [-0.39, 0.29) is 24.0 Å². The lowest BCUT2D eigenvalue weighted by atomic mass is 9.96. The third-order valence-corrected chi connectivity index (χ3v) is 4.75. The predicted molar refractivity (Wildman–Crippen MR) is 86.9 cm³/mol. The smallest absolute Gasteiger partial charge is 0.235 e. The number of benzene rings is 1. The fourth-order valence-corrected chi connectivity index (χ4v) is 3.48.